The van der Waals surface area contributed by atoms with E-state index in [0.717, 1.165) is 58.3 Å². The van der Waals surface area contributed by atoms with Crippen LogP contribution in [0.4, 0.5) is 0 Å². The number of likely N-dealkylation sites (tertiary alicyclic amines) is 1. The normalized spacial score (nSPS) is 15.4. The van der Waals surface area contributed by atoms with Crippen LogP contribution in [0, 0.1) is 11.3 Å². The van der Waals surface area contributed by atoms with E-state index in [2.05, 4.69) is 51.5 Å². The summed E-state index contributed by atoms with van der Waals surface area (Å²) in [5.74, 6) is 1.04. The minimum Gasteiger partial charge on any atom is -0.378 e. The topological polar surface area (TPSA) is 53.1 Å². The lowest BCUT2D eigenvalue weighted by atomic mass is 9.92. The second-order valence-electron chi connectivity index (χ2n) is 11.5. The molecule has 6 heteroatoms. The van der Waals surface area contributed by atoms with Gasteiger partial charge in [-0.25, -0.2) is 0 Å². The Hall–Kier alpha value is -1.14. The van der Waals surface area contributed by atoms with Gasteiger partial charge in [-0.15, -0.1) is 0 Å². The molecule has 0 spiro atoms. The molecule has 35 heavy (non-hydrogen) atoms. The van der Waals surface area contributed by atoms with Crippen LogP contribution in [0.5, 0.6) is 0 Å². The largest absolute Gasteiger partial charge is 0.378 e. The van der Waals surface area contributed by atoms with Crippen molar-refractivity contribution >= 4 is 11.8 Å². The van der Waals surface area contributed by atoms with Gasteiger partial charge in [-0.05, 0) is 72.5 Å². The average Bonchev–Trinajstić information content (AvgIpc) is 2.81. The van der Waals surface area contributed by atoms with Gasteiger partial charge < -0.3 is 19.4 Å². The lowest BCUT2D eigenvalue weighted by Crippen LogP contribution is -2.53. The molecule has 0 radical (unpaired) electrons. The fraction of sp³-hybridized carbons (Fsp3) is 0.931. The molecule has 208 valence electrons. The predicted molar refractivity (Wildman–Crippen MR) is 149 cm³/mol. The Kier molecular flexibility index (Phi) is 16.8. The molecule has 1 aliphatic heterocycles. The van der Waals surface area contributed by atoms with Gasteiger partial charge in [0.05, 0.1) is 18.8 Å². The Balaban J connectivity index is 0.00000562. The van der Waals surface area contributed by atoms with Crippen molar-refractivity contribution in [1.82, 2.24) is 14.7 Å². The number of amides is 2. The number of carbonyl (C=O) groups is 2. The van der Waals surface area contributed by atoms with E-state index < -0.39 is 0 Å². The van der Waals surface area contributed by atoms with Crippen LogP contribution < -0.4 is 0 Å². The van der Waals surface area contributed by atoms with E-state index in [9.17, 15) is 9.59 Å². The summed E-state index contributed by atoms with van der Waals surface area (Å²) in [6, 6.07) is 0. The van der Waals surface area contributed by atoms with Gasteiger partial charge in [0.1, 0.15) is 0 Å². The Morgan fingerprint density at radius 3 is 2.03 bits per heavy atom. The maximum atomic E-state index is 13.2. The quantitative estimate of drug-likeness (QED) is 0.285. The Morgan fingerprint density at radius 2 is 1.51 bits per heavy atom. The van der Waals surface area contributed by atoms with Gasteiger partial charge in [-0.2, -0.15) is 0 Å². The molecule has 0 aliphatic carbocycles. The number of hydrogen-bond donors (Lipinski definition) is 0. The van der Waals surface area contributed by atoms with Crippen molar-refractivity contribution < 1.29 is 14.3 Å². The zero-order chi connectivity index (χ0) is 27.1. The van der Waals surface area contributed by atoms with Crippen molar-refractivity contribution in [1.29, 1.82) is 0 Å². The molecule has 0 aromatic heterocycles. The van der Waals surface area contributed by atoms with Crippen molar-refractivity contribution in [2.45, 2.75) is 113 Å². The molecule has 0 aromatic rings. The molecule has 1 aliphatic rings. The summed E-state index contributed by atoms with van der Waals surface area (Å²) in [5, 5.41) is 0. The van der Waals surface area contributed by atoms with E-state index in [4.69, 9.17) is 4.74 Å². The smallest absolute Gasteiger partial charge is 0.223 e. The summed E-state index contributed by atoms with van der Waals surface area (Å²) in [6.07, 6.45) is 6.36. The summed E-state index contributed by atoms with van der Waals surface area (Å²) < 4.78 is 6.25. The Labute approximate surface area is 218 Å². The maximum absolute atomic E-state index is 13.2. The minimum absolute atomic E-state index is 0.138. The van der Waals surface area contributed by atoms with E-state index in [-0.39, 0.29) is 22.8 Å². The van der Waals surface area contributed by atoms with Gasteiger partial charge in [0.15, 0.2) is 0 Å². The number of carbonyl (C=O) groups excluding carboxylic acids is 2. The second kappa shape index (κ2) is 17.3. The molecule has 1 rings (SSSR count). The van der Waals surface area contributed by atoms with Crippen LogP contribution in [-0.2, 0) is 14.3 Å². The van der Waals surface area contributed by atoms with Crippen LogP contribution in [0.3, 0.4) is 0 Å². The number of rotatable bonds is 15. The van der Waals surface area contributed by atoms with Crippen LogP contribution in [0.15, 0.2) is 0 Å². The molecule has 0 aromatic carbocycles. The van der Waals surface area contributed by atoms with Crippen LogP contribution in [0.25, 0.3) is 0 Å². The Bertz CT molecular complexity index is 584. The minimum atomic E-state index is -0.354. The summed E-state index contributed by atoms with van der Waals surface area (Å²) in [6.45, 7) is 24.3. The van der Waals surface area contributed by atoms with E-state index >= 15 is 0 Å². The van der Waals surface area contributed by atoms with Gasteiger partial charge in [0.2, 0.25) is 11.8 Å². The van der Waals surface area contributed by atoms with Crippen molar-refractivity contribution in [2.24, 2.45) is 11.3 Å². The molecule has 0 bridgehead atoms. The molecule has 0 saturated carbocycles. The van der Waals surface area contributed by atoms with Crippen LogP contribution in [0.2, 0.25) is 0 Å². The molecule has 0 atom stereocenters. The number of unbranched alkanes of at least 4 members (excludes halogenated alkanes) is 1. The first-order chi connectivity index (χ1) is 16.5. The third-order valence-electron chi connectivity index (χ3n) is 6.82. The van der Waals surface area contributed by atoms with E-state index in [1.807, 2.05) is 32.6 Å². The zero-order valence-electron chi connectivity index (χ0n) is 25.0. The third kappa shape index (κ3) is 13.1. The summed E-state index contributed by atoms with van der Waals surface area (Å²) >= 11 is 0. The first-order valence-electron chi connectivity index (χ1n) is 14.3. The molecular weight excluding hydrogens is 438 g/mol. The first-order valence-corrected chi connectivity index (χ1v) is 14.3. The Morgan fingerprint density at radius 1 is 0.914 bits per heavy atom. The van der Waals surface area contributed by atoms with E-state index in [0.29, 0.717) is 38.5 Å². The van der Waals surface area contributed by atoms with Crippen molar-refractivity contribution in [3.63, 3.8) is 0 Å². The van der Waals surface area contributed by atoms with Crippen molar-refractivity contribution in [2.75, 3.05) is 53.0 Å². The average molecular weight is 498 g/mol. The van der Waals surface area contributed by atoms with Crippen LogP contribution in [-0.4, -0.2) is 85.0 Å². The first kappa shape index (κ1) is 33.9. The molecular formula is C29H59N3O3. The highest BCUT2D eigenvalue weighted by molar-refractivity contribution is 5.77. The van der Waals surface area contributed by atoms with Gasteiger partial charge in [0, 0.05) is 37.9 Å². The number of ether oxygens (including phenoxy) is 1. The van der Waals surface area contributed by atoms with Gasteiger partial charge in [0.25, 0.3) is 0 Å². The lowest BCUT2D eigenvalue weighted by Gasteiger charge is -2.42. The van der Waals surface area contributed by atoms with Crippen LogP contribution in [0.1, 0.15) is 107 Å². The standard InChI is InChI=1S/C27H53N3O3.C2H6/c1-9-12-14-25(32)30(19-23-15-17-28(8)18-16-23)27(6,7)22-33-21-26(4,5)20-29(11-3)24(31)13-10-2;1-2/h23H,9-22H2,1-8H3;1-2H3. The summed E-state index contributed by atoms with van der Waals surface area (Å²) in [5.41, 5.74) is -0.493. The van der Waals surface area contributed by atoms with Crippen LogP contribution >= 0.6 is 0 Å². The van der Waals surface area contributed by atoms with E-state index in [1.54, 1.807) is 0 Å². The van der Waals surface area contributed by atoms with E-state index in [1.165, 1.54) is 0 Å². The molecule has 6 nitrogen and oxygen atoms in total. The lowest BCUT2D eigenvalue weighted by molar-refractivity contribution is -0.142. The summed E-state index contributed by atoms with van der Waals surface area (Å²) in [4.78, 5) is 32.0. The fourth-order valence-corrected chi connectivity index (χ4v) is 4.62. The molecule has 1 fully saturated rings. The molecule has 2 amide bonds. The number of hydrogen-bond acceptors (Lipinski definition) is 4. The second-order valence-corrected chi connectivity index (χ2v) is 11.5. The van der Waals surface area contributed by atoms with Crippen molar-refractivity contribution in [3.05, 3.63) is 0 Å². The number of piperidine rings is 1. The zero-order valence-corrected chi connectivity index (χ0v) is 25.0. The van der Waals surface area contributed by atoms with Gasteiger partial charge in [-0.1, -0.05) is 48.0 Å². The summed E-state index contributed by atoms with van der Waals surface area (Å²) in [7, 11) is 2.18. The molecule has 1 saturated heterocycles. The SMILES string of the molecule is CC.CCCCC(=O)N(CC1CCN(C)CC1)C(C)(C)COCC(C)(C)CN(CC)C(=O)CCC. The monoisotopic (exact) mass is 497 g/mol. The highest BCUT2D eigenvalue weighted by Crippen LogP contribution is 2.26. The maximum Gasteiger partial charge on any atom is 0.223 e. The van der Waals surface area contributed by atoms with Gasteiger partial charge in [-0.3, -0.25) is 9.59 Å². The molecule has 0 unspecified atom stereocenters. The number of nitrogens with zero attached hydrogens (tertiary/aromatic N) is 3. The molecule has 0 N–H and O–H groups in total. The van der Waals surface area contributed by atoms with Crippen molar-refractivity contribution in [3.8, 4) is 0 Å². The highest BCUT2D eigenvalue weighted by Gasteiger charge is 2.34. The fourth-order valence-electron chi connectivity index (χ4n) is 4.62. The predicted octanol–water partition coefficient (Wildman–Crippen LogP) is 5.84. The highest BCUT2D eigenvalue weighted by atomic mass is 16.5. The molecule has 1 heterocycles. The third-order valence-corrected chi connectivity index (χ3v) is 6.82. The van der Waals surface area contributed by atoms with Gasteiger partial charge >= 0.3 is 0 Å².